The van der Waals surface area contributed by atoms with Gasteiger partial charge < -0.3 is 14.5 Å². The van der Waals surface area contributed by atoms with Crippen LogP contribution in [0.25, 0.3) is 10.9 Å². The van der Waals surface area contributed by atoms with Gasteiger partial charge in [-0.15, -0.1) is 12.4 Å². The molecule has 4 aromatic rings. The molecule has 32 heavy (non-hydrogen) atoms. The standard InChI is InChI=1S/C25H23FN4O.ClH/c1-29(20-12-10-19(26)11-13-20)25-27-23-21(8-5-9-22(23)31-2)24(28-25)30-15-14-17-6-3-4-7-18(17)16-30;/h3-13H,14-16H2,1-2H3;1H. The molecule has 1 aliphatic rings. The Balaban J connectivity index is 0.00000245. The highest BCUT2D eigenvalue weighted by Gasteiger charge is 2.22. The quantitative estimate of drug-likeness (QED) is 0.409. The molecule has 0 amide bonds. The Kier molecular flexibility index (Phi) is 6.15. The minimum Gasteiger partial charge on any atom is -0.494 e. The smallest absolute Gasteiger partial charge is 0.232 e. The van der Waals surface area contributed by atoms with Crippen molar-refractivity contribution in [1.82, 2.24) is 9.97 Å². The molecule has 0 aliphatic carbocycles. The molecular formula is C25H24ClFN4O. The number of benzene rings is 3. The summed E-state index contributed by atoms with van der Waals surface area (Å²) in [4.78, 5) is 13.9. The Morgan fingerprint density at radius 2 is 1.69 bits per heavy atom. The number of hydrogen-bond donors (Lipinski definition) is 0. The molecule has 5 rings (SSSR count). The predicted molar refractivity (Wildman–Crippen MR) is 129 cm³/mol. The summed E-state index contributed by atoms with van der Waals surface area (Å²) >= 11 is 0. The van der Waals surface area contributed by atoms with Crippen LogP contribution in [0.1, 0.15) is 11.1 Å². The second-order valence-corrected chi connectivity index (χ2v) is 7.68. The Bertz CT molecular complexity index is 1250. The molecule has 164 valence electrons. The second kappa shape index (κ2) is 9.01. The van der Waals surface area contributed by atoms with Crippen molar-refractivity contribution in [3.8, 4) is 5.75 Å². The van der Waals surface area contributed by atoms with E-state index in [1.807, 2.05) is 30.1 Å². The lowest BCUT2D eigenvalue weighted by Gasteiger charge is -2.31. The number of nitrogens with zero attached hydrogens (tertiary/aromatic N) is 4. The summed E-state index contributed by atoms with van der Waals surface area (Å²) in [5.74, 6) is 1.85. The summed E-state index contributed by atoms with van der Waals surface area (Å²) in [6.45, 7) is 1.67. The molecule has 3 aromatic carbocycles. The van der Waals surface area contributed by atoms with Crippen LogP contribution in [0.5, 0.6) is 5.75 Å². The molecule has 0 N–H and O–H groups in total. The molecule has 0 fully saturated rings. The van der Waals surface area contributed by atoms with Gasteiger partial charge in [-0.3, -0.25) is 0 Å². The van der Waals surface area contributed by atoms with Crippen molar-refractivity contribution in [1.29, 1.82) is 0 Å². The van der Waals surface area contributed by atoms with Crippen molar-refractivity contribution in [2.75, 3.05) is 30.5 Å². The maximum absolute atomic E-state index is 13.4. The van der Waals surface area contributed by atoms with E-state index < -0.39 is 0 Å². The van der Waals surface area contributed by atoms with Crippen molar-refractivity contribution in [2.24, 2.45) is 0 Å². The molecule has 0 bridgehead atoms. The fourth-order valence-corrected chi connectivity index (χ4v) is 4.11. The van der Waals surface area contributed by atoms with Crippen molar-refractivity contribution < 1.29 is 9.13 Å². The third-order valence-corrected chi connectivity index (χ3v) is 5.82. The van der Waals surface area contributed by atoms with Crippen molar-refractivity contribution >= 4 is 40.8 Å². The molecule has 0 atom stereocenters. The molecule has 1 aliphatic heterocycles. The van der Waals surface area contributed by atoms with Crippen molar-refractivity contribution in [3.05, 3.63) is 83.7 Å². The molecule has 0 radical (unpaired) electrons. The maximum Gasteiger partial charge on any atom is 0.232 e. The van der Waals surface area contributed by atoms with E-state index in [1.165, 1.54) is 23.3 Å². The van der Waals surface area contributed by atoms with Crippen LogP contribution in [0, 0.1) is 5.82 Å². The SMILES string of the molecule is COc1cccc2c(N3CCc4ccccc4C3)nc(N(C)c3ccc(F)cc3)nc12.Cl. The molecular weight excluding hydrogens is 427 g/mol. The minimum atomic E-state index is -0.272. The van der Waals surface area contributed by atoms with Gasteiger partial charge in [-0.25, -0.2) is 9.37 Å². The normalized spacial score (nSPS) is 12.8. The molecule has 0 unspecified atom stereocenters. The first-order valence-electron chi connectivity index (χ1n) is 10.3. The fraction of sp³-hybridized carbons (Fsp3) is 0.200. The summed E-state index contributed by atoms with van der Waals surface area (Å²) in [6.07, 6.45) is 0.967. The first-order chi connectivity index (χ1) is 15.1. The average molecular weight is 451 g/mol. The van der Waals surface area contributed by atoms with Crippen LogP contribution in [0.3, 0.4) is 0 Å². The van der Waals surface area contributed by atoms with Gasteiger partial charge in [0.1, 0.15) is 22.9 Å². The second-order valence-electron chi connectivity index (χ2n) is 7.68. The number of fused-ring (bicyclic) bond motifs is 2. The Morgan fingerprint density at radius 3 is 2.44 bits per heavy atom. The summed E-state index contributed by atoms with van der Waals surface area (Å²) in [6, 6.07) is 20.8. The van der Waals surface area contributed by atoms with Crippen LogP contribution in [-0.2, 0) is 13.0 Å². The molecule has 1 aromatic heterocycles. The van der Waals surface area contributed by atoms with E-state index in [2.05, 4.69) is 29.2 Å². The summed E-state index contributed by atoms with van der Waals surface area (Å²) < 4.78 is 19.0. The van der Waals surface area contributed by atoms with Gasteiger partial charge in [0, 0.05) is 31.2 Å². The van der Waals surface area contributed by atoms with Gasteiger partial charge in [0.25, 0.3) is 0 Å². The number of ether oxygens (including phenoxy) is 1. The zero-order valence-corrected chi connectivity index (χ0v) is 18.8. The van der Waals surface area contributed by atoms with Crippen LogP contribution < -0.4 is 14.5 Å². The maximum atomic E-state index is 13.4. The third-order valence-electron chi connectivity index (χ3n) is 5.82. The topological polar surface area (TPSA) is 41.5 Å². The molecule has 5 nitrogen and oxygen atoms in total. The zero-order chi connectivity index (χ0) is 21.4. The van der Waals surface area contributed by atoms with E-state index in [0.717, 1.165) is 41.9 Å². The van der Waals surface area contributed by atoms with E-state index in [9.17, 15) is 4.39 Å². The first-order valence-corrected chi connectivity index (χ1v) is 10.3. The number of aromatic nitrogens is 2. The predicted octanol–water partition coefficient (Wildman–Crippen LogP) is 5.53. The van der Waals surface area contributed by atoms with E-state index in [4.69, 9.17) is 14.7 Å². The highest BCUT2D eigenvalue weighted by Crippen LogP contribution is 2.35. The summed E-state index contributed by atoms with van der Waals surface area (Å²) in [7, 11) is 3.54. The molecule has 7 heteroatoms. The fourth-order valence-electron chi connectivity index (χ4n) is 4.11. The third kappa shape index (κ3) is 3.94. The molecule has 0 saturated heterocycles. The van der Waals surface area contributed by atoms with Crippen LogP contribution >= 0.6 is 12.4 Å². The zero-order valence-electron chi connectivity index (χ0n) is 18.0. The highest BCUT2D eigenvalue weighted by atomic mass is 35.5. The van der Waals surface area contributed by atoms with E-state index in [0.29, 0.717) is 11.7 Å². The van der Waals surface area contributed by atoms with E-state index in [-0.39, 0.29) is 18.2 Å². The number of rotatable bonds is 4. The minimum absolute atomic E-state index is 0. The Labute approximate surface area is 192 Å². The largest absolute Gasteiger partial charge is 0.494 e. The number of para-hydroxylation sites is 1. The molecule has 2 heterocycles. The average Bonchev–Trinajstić information content (AvgIpc) is 2.82. The van der Waals surface area contributed by atoms with E-state index in [1.54, 1.807) is 19.2 Å². The lowest BCUT2D eigenvalue weighted by atomic mass is 9.99. The monoisotopic (exact) mass is 450 g/mol. The van der Waals surface area contributed by atoms with E-state index >= 15 is 0 Å². The number of halogens is 2. The first kappa shape index (κ1) is 21.8. The van der Waals surface area contributed by atoms with Crippen molar-refractivity contribution in [2.45, 2.75) is 13.0 Å². The van der Waals surface area contributed by atoms with Gasteiger partial charge in [0.05, 0.1) is 7.11 Å². The lowest BCUT2D eigenvalue weighted by molar-refractivity contribution is 0.419. The lowest BCUT2D eigenvalue weighted by Crippen LogP contribution is -2.31. The Morgan fingerprint density at radius 1 is 0.938 bits per heavy atom. The van der Waals surface area contributed by atoms with Gasteiger partial charge >= 0.3 is 0 Å². The Hall–Kier alpha value is -3.38. The van der Waals surface area contributed by atoms with Gasteiger partial charge in [0.2, 0.25) is 5.95 Å². The van der Waals surface area contributed by atoms with Crippen LogP contribution in [0.4, 0.5) is 21.8 Å². The van der Waals surface area contributed by atoms with Crippen LogP contribution in [0.15, 0.2) is 66.7 Å². The van der Waals surface area contributed by atoms with Gasteiger partial charge in [-0.05, 0) is 53.9 Å². The molecule has 0 saturated carbocycles. The van der Waals surface area contributed by atoms with Gasteiger partial charge in [0.15, 0.2) is 0 Å². The van der Waals surface area contributed by atoms with Crippen LogP contribution in [0.2, 0.25) is 0 Å². The molecule has 0 spiro atoms. The van der Waals surface area contributed by atoms with Crippen molar-refractivity contribution in [3.63, 3.8) is 0 Å². The van der Waals surface area contributed by atoms with Gasteiger partial charge in [-0.2, -0.15) is 4.98 Å². The highest BCUT2D eigenvalue weighted by molar-refractivity contribution is 5.94. The summed E-state index contributed by atoms with van der Waals surface area (Å²) in [5.41, 5.74) is 4.28. The summed E-state index contributed by atoms with van der Waals surface area (Å²) in [5, 5.41) is 0.954. The number of hydrogen-bond acceptors (Lipinski definition) is 5. The van der Waals surface area contributed by atoms with Crippen LogP contribution in [-0.4, -0.2) is 30.7 Å². The number of anilines is 3. The van der Waals surface area contributed by atoms with Gasteiger partial charge in [-0.1, -0.05) is 30.3 Å². The number of methoxy groups -OCH3 is 1.